The SMILES string of the molecule is CC[C@H](C)[C@H](CC(=O)[C@@H]1CCCN1C(=O)[C@@H]1CC(=O)N[C@@H](C)C(=O)C[C@@H](CC(C)C)C(=O)N(C)[C@@H]([C@@H](C)CC)C(=O)C[C@@H](C(C)C)C(=O)N(C)[C@@H](Cc2ccccc2)C(=O)C[C@@H](CC(C)C)C(=O)N(C)[C@@H](Cc2ccccc2)C(=O)C1)C(=O)N1CCCCC1. The molecule has 0 saturated carbocycles. The summed E-state index contributed by atoms with van der Waals surface area (Å²) in [6.45, 7) is 22.1. The van der Waals surface area contributed by atoms with Crippen molar-refractivity contribution < 1.29 is 52.7 Å². The summed E-state index contributed by atoms with van der Waals surface area (Å²) in [5.74, 6) is -10.5. The highest BCUT2D eigenvalue weighted by molar-refractivity contribution is 6.00. The van der Waals surface area contributed by atoms with Crippen LogP contribution in [-0.4, -0.2) is 160 Å². The van der Waals surface area contributed by atoms with Crippen molar-refractivity contribution in [2.24, 2.45) is 59.2 Å². The van der Waals surface area contributed by atoms with Gasteiger partial charge < -0.3 is 29.8 Å². The predicted octanol–water partition coefficient (Wildman–Crippen LogP) is 9.58. The number of piperidine rings is 1. The molecule has 5 rings (SSSR count). The number of likely N-dealkylation sites (tertiary alicyclic amines) is 2. The second-order valence-electron chi connectivity index (χ2n) is 27.7. The number of carbonyl (C=O) groups excluding carboxylic acids is 11. The Kier molecular flexibility index (Phi) is 28.6. The van der Waals surface area contributed by atoms with Crippen molar-refractivity contribution in [3.63, 3.8) is 0 Å². The molecular weight excluding hydrogens is 1120 g/mol. The summed E-state index contributed by atoms with van der Waals surface area (Å²) >= 11 is 0. The molecule has 6 amide bonds. The monoisotopic (exact) mass is 1230 g/mol. The topological polar surface area (TPSA) is 216 Å². The molecule has 3 aliphatic rings. The highest BCUT2D eigenvalue weighted by Crippen LogP contribution is 2.33. The molecule has 3 heterocycles. The van der Waals surface area contributed by atoms with E-state index in [4.69, 9.17) is 0 Å². The van der Waals surface area contributed by atoms with Crippen molar-refractivity contribution in [2.45, 2.75) is 216 Å². The van der Waals surface area contributed by atoms with Gasteiger partial charge in [0.15, 0.2) is 28.9 Å². The fraction of sp³-hybridized carbons (Fsp3) is 0.681. The summed E-state index contributed by atoms with van der Waals surface area (Å²) in [6, 6.07) is 13.0. The van der Waals surface area contributed by atoms with Crippen molar-refractivity contribution in [3.8, 4) is 0 Å². The Balaban J connectivity index is 1.65. The van der Waals surface area contributed by atoms with Crippen LogP contribution in [-0.2, 0) is 65.6 Å². The van der Waals surface area contributed by atoms with Crippen LogP contribution in [0.15, 0.2) is 60.7 Å². The first-order chi connectivity index (χ1) is 42.1. The van der Waals surface area contributed by atoms with Crippen molar-refractivity contribution in [1.82, 2.24) is 29.8 Å². The van der Waals surface area contributed by atoms with E-state index in [0.29, 0.717) is 44.3 Å². The molecule has 3 fully saturated rings. The van der Waals surface area contributed by atoms with Crippen LogP contribution >= 0.6 is 0 Å². The highest BCUT2D eigenvalue weighted by Gasteiger charge is 2.45. The summed E-state index contributed by atoms with van der Waals surface area (Å²) in [6.07, 6.45) is 3.44. The second kappa shape index (κ2) is 34.7. The number of hydrogen-bond acceptors (Lipinski definition) is 11. The minimum absolute atomic E-state index is 0.0162. The molecule has 3 saturated heterocycles. The van der Waals surface area contributed by atoms with E-state index in [2.05, 4.69) is 5.32 Å². The minimum Gasteiger partial charge on any atom is -0.347 e. The number of benzene rings is 2. The third-order valence-corrected chi connectivity index (χ3v) is 19.6. The van der Waals surface area contributed by atoms with Crippen molar-refractivity contribution in [2.75, 3.05) is 40.8 Å². The van der Waals surface area contributed by atoms with Gasteiger partial charge in [-0.15, -0.1) is 0 Å². The Labute approximate surface area is 531 Å². The first kappa shape index (κ1) is 73.3. The number of carbonyl (C=O) groups is 11. The average Bonchev–Trinajstić information content (AvgIpc) is 2.13. The molecule has 1 N–H and O–H groups in total. The highest BCUT2D eigenvalue weighted by atomic mass is 16.2. The van der Waals surface area contributed by atoms with Crippen LogP contribution in [0, 0.1) is 59.2 Å². The number of rotatable bonds is 18. The Morgan fingerprint density at radius 2 is 1.07 bits per heavy atom. The molecule has 0 bridgehead atoms. The fourth-order valence-electron chi connectivity index (χ4n) is 13.8. The lowest BCUT2D eigenvalue weighted by Crippen LogP contribution is -2.52. The normalized spacial score (nSPS) is 26.2. The zero-order chi connectivity index (χ0) is 66.0. The summed E-state index contributed by atoms with van der Waals surface area (Å²) in [5, 5.41) is 2.79. The molecule has 492 valence electrons. The zero-order valence-electron chi connectivity index (χ0n) is 56.3. The number of nitrogens with zero attached hydrogens (tertiary/aromatic N) is 5. The molecule has 17 heteroatoms. The number of hydrogen-bond donors (Lipinski definition) is 1. The Morgan fingerprint density at radius 1 is 0.562 bits per heavy atom. The Morgan fingerprint density at radius 3 is 1.57 bits per heavy atom. The number of Topliss-reactive ketones (excluding diaryl/α,β-unsaturated/α-hetero) is 5. The van der Waals surface area contributed by atoms with Crippen LogP contribution in [0.5, 0.6) is 0 Å². The van der Waals surface area contributed by atoms with Gasteiger partial charge in [0, 0.05) is 103 Å². The molecule has 12 atom stereocenters. The molecule has 17 nitrogen and oxygen atoms in total. The lowest BCUT2D eigenvalue weighted by atomic mass is 9.82. The summed E-state index contributed by atoms with van der Waals surface area (Å²) in [5.41, 5.74) is 1.47. The van der Waals surface area contributed by atoms with E-state index >= 15 is 24.0 Å². The average molecular weight is 1230 g/mol. The predicted molar refractivity (Wildman–Crippen MR) is 346 cm³/mol. The van der Waals surface area contributed by atoms with Gasteiger partial charge in [0.2, 0.25) is 35.4 Å². The number of nitrogens with one attached hydrogen (secondary N) is 1. The number of ketones is 5. The van der Waals surface area contributed by atoms with Gasteiger partial charge in [-0.25, -0.2) is 0 Å². The maximum absolute atomic E-state index is 15.5. The summed E-state index contributed by atoms with van der Waals surface area (Å²) < 4.78 is 0. The van der Waals surface area contributed by atoms with Gasteiger partial charge in [0.05, 0.1) is 36.1 Å². The first-order valence-electron chi connectivity index (χ1n) is 33.5. The largest absolute Gasteiger partial charge is 0.347 e. The fourth-order valence-corrected chi connectivity index (χ4v) is 13.8. The van der Waals surface area contributed by atoms with Gasteiger partial charge in [0.1, 0.15) is 0 Å². The van der Waals surface area contributed by atoms with Gasteiger partial charge in [-0.2, -0.15) is 0 Å². The van der Waals surface area contributed by atoms with Crippen LogP contribution in [0.3, 0.4) is 0 Å². The van der Waals surface area contributed by atoms with Crippen molar-refractivity contribution in [1.29, 1.82) is 0 Å². The molecule has 0 aliphatic carbocycles. The van der Waals surface area contributed by atoms with E-state index in [1.807, 2.05) is 135 Å². The maximum Gasteiger partial charge on any atom is 0.227 e. The minimum atomic E-state index is -1.37. The van der Waals surface area contributed by atoms with E-state index in [1.165, 1.54) is 33.6 Å². The van der Waals surface area contributed by atoms with Gasteiger partial charge in [-0.05, 0) is 105 Å². The molecule has 89 heavy (non-hydrogen) atoms. The lowest BCUT2D eigenvalue weighted by molar-refractivity contribution is -0.148. The van der Waals surface area contributed by atoms with E-state index in [-0.39, 0.29) is 111 Å². The van der Waals surface area contributed by atoms with Crippen LogP contribution < -0.4 is 5.32 Å². The third kappa shape index (κ3) is 20.3. The standard InChI is InChI=1S/C72H108N6O11/c1-15-48(9)57(72(89)77-32-24-19-25-33-77)44-64(82)58-31-26-34-78(58)70(87)55-41-63(81)59(37-51-27-20-17-21-28-51)74(12)68(85)54(36-46(5)6)40-62(80)60(38-52-29-22-18-23-30-52)75(13)71(88)56(47(7)8)43-65(83)67(49(10)16-2)76(14)69(86)53(35-45(3)4)39-61(79)50(11)73-66(84)42-55/h17-18,20-23,27-30,45-50,53-60,67H,15-16,19,24-26,31-44H2,1-14H3,(H,73,84)/t48-,49-,50-,53+,54+,55-,56-,57-,58-,59-,60-,67-/m0/s1. The van der Waals surface area contributed by atoms with Crippen LogP contribution in [0.25, 0.3) is 0 Å². The lowest BCUT2D eigenvalue weighted by Gasteiger charge is -2.37. The third-order valence-electron chi connectivity index (χ3n) is 19.6. The van der Waals surface area contributed by atoms with Crippen molar-refractivity contribution >= 4 is 64.4 Å². The summed E-state index contributed by atoms with van der Waals surface area (Å²) in [4.78, 5) is 172. The van der Waals surface area contributed by atoms with E-state index in [0.717, 1.165) is 24.8 Å². The van der Waals surface area contributed by atoms with Gasteiger partial charge in [0.25, 0.3) is 0 Å². The molecule has 2 aromatic carbocycles. The molecule has 0 radical (unpaired) electrons. The Bertz CT molecular complexity index is 2740. The first-order valence-corrected chi connectivity index (χ1v) is 33.5. The van der Waals surface area contributed by atoms with Gasteiger partial charge in [-0.3, -0.25) is 52.7 Å². The molecule has 2 aromatic rings. The molecule has 0 aromatic heterocycles. The number of amides is 6. The quantitative estimate of drug-likeness (QED) is 0.148. The second-order valence-corrected chi connectivity index (χ2v) is 27.7. The van der Waals surface area contributed by atoms with Crippen LogP contribution in [0.1, 0.15) is 184 Å². The Hall–Kier alpha value is -6.39. The van der Waals surface area contributed by atoms with Crippen LogP contribution in [0.2, 0.25) is 0 Å². The summed E-state index contributed by atoms with van der Waals surface area (Å²) in [7, 11) is 4.65. The number of likely N-dealkylation sites (N-methyl/N-ethyl adjacent to an activating group) is 3. The molecule has 3 aliphatic heterocycles. The molecule has 0 spiro atoms. The van der Waals surface area contributed by atoms with Gasteiger partial charge in [-0.1, -0.05) is 143 Å². The van der Waals surface area contributed by atoms with E-state index in [1.54, 1.807) is 14.1 Å². The van der Waals surface area contributed by atoms with E-state index < -0.39 is 114 Å². The molecular formula is C72H108N6O11. The maximum atomic E-state index is 15.5. The van der Waals surface area contributed by atoms with Gasteiger partial charge >= 0.3 is 0 Å². The van der Waals surface area contributed by atoms with Crippen molar-refractivity contribution in [3.05, 3.63) is 71.8 Å². The zero-order valence-corrected chi connectivity index (χ0v) is 56.3. The van der Waals surface area contributed by atoms with E-state index in [9.17, 15) is 28.8 Å². The van der Waals surface area contributed by atoms with Crippen LogP contribution in [0.4, 0.5) is 0 Å². The molecule has 0 unspecified atom stereocenters. The smallest absolute Gasteiger partial charge is 0.227 e.